The molecule has 0 atom stereocenters. The van der Waals surface area contributed by atoms with E-state index in [0.717, 1.165) is 10.9 Å². The van der Waals surface area contributed by atoms with E-state index in [4.69, 9.17) is 5.11 Å². The largest absolute Gasteiger partial charge is 0.394 e. The highest BCUT2D eigenvalue weighted by atomic mass is 32.2. The van der Waals surface area contributed by atoms with E-state index in [1.54, 1.807) is 30.2 Å². The number of hydrogen-bond donors (Lipinski definition) is 2. The van der Waals surface area contributed by atoms with E-state index >= 15 is 0 Å². The number of hydrogen-bond acceptors (Lipinski definition) is 5. The Morgan fingerprint density at radius 1 is 1.50 bits per heavy atom. The number of aliphatic hydroxyl groups excluding tert-OH is 1. The average molecular weight is 295 g/mol. The molecule has 0 aromatic carbocycles. The molecule has 0 aliphatic rings. The van der Waals surface area contributed by atoms with E-state index in [1.165, 1.54) is 4.68 Å². The maximum atomic E-state index is 11.9. The quantitative estimate of drug-likeness (QED) is 0.560. The van der Waals surface area contributed by atoms with E-state index in [2.05, 4.69) is 15.4 Å². The van der Waals surface area contributed by atoms with Crippen LogP contribution in [0.15, 0.2) is 29.8 Å². The third-order valence-corrected chi connectivity index (χ3v) is 3.72. The number of thioether (sulfide) groups is 1. The molecule has 2 rings (SSSR count). The Labute approximate surface area is 121 Å². The molecule has 0 fully saturated rings. The number of aromatic nitrogens is 4. The molecule has 2 aromatic heterocycles. The Bertz CT molecular complexity index is 566. The first-order chi connectivity index (χ1) is 9.72. The third kappa shape index (κ3) is 3.61. The maximum absolute atomic E-state index is 11.9. The Kier molecular flexibility index (Phi) is 5.19. The van der Waals surface area contributed by atoms with Crippen molar-refractivity contribution in [2.45, 2.75) is 11.7 Å². The van der Waals surface area contributed by atoms with Gasteiger partial charge in [0.1, 0.15) is 5.69 Å². The van der Waals surface area contributed by atoms with E-state index in [-0.39, 0.29) is 12.5 Å². The van der Waals surface area contributed by atoms with E-state index < -0.39 is 0 Å². The van der Waals surface area contributed by atoms with Crippen molar-refractivity contribution in [3.8, 4) is 0 Å². The summed E-state index contributed by atoms with van der Waals surface area (Å²) in [6.07, 6.45) is 5.18. The molecule has 0 radical (unpaired) electrons. The van der Waals surface area contributed by atoms with Crippen LogP contribution in [-0.4, -0.2) is 49.2 Å². The summed E-state index contributed by atoms with van der Waals surface area (Å²) in [5.41, 5.74) is 0.459. The molecule has 0 saturated heterocycles. The SMILES string of the molecule is Cn1ccnc1SCCNC(=O)c1ccnn1CCO. The minimum Gasteiger partial charge on any atom is -0.394 e. The number of rotatable bonds is 7. The lowest BCUT2D eigenvalue weighted by Gasteiger charge is -2.07. The predicted octanol–water partition coefficient (Wildman–Crippen LogP) is 0.131. The molecular weight excluding hydrogens is 278 g/mol. The highest BCUT2D eigenvalue weighted by Gasteiger charge is 2.11. The lowest BCUT2D eigenvalue weighted by molar-refractivity contribution is 0.0944. The zero-order chi connectivity index (χ0) is 14.4. The smallest absolute Gasteiger partial charge is 0.269 e. The van der Waals surface area contributed by atoms with Crippen LogP contribution in [0.3, 0.4) is 0 Å². The molecule has 2 heterocycles. The van der Waals surface area contributed by atoms with Gasteiger partial charge in [-0.1, -0.05) is 11.8 Å². The van der Waals surface area contributed by atoms with Crippen LogP contribution in [0.1, 0.15) is 10.5 Å². The van der Waals surface area contributed by atoms with Gasteiger partial charge in [-0.3, -0.25) is 9.48 Å². The summed E-state index contributed by atoms with van der Waals surface area (Å²) in [6, 6.07) is 1.64. The van der Waals surface area contributed by atoms with Crippen LogP contribution in [0.25, 0.3) is 0 Å². The van der Waals surface area contributed by atoms with E-state index in [0.29, 0.717) is 18.8 Å². The van der Waals surface area contributed by atoms with Crippen LogP contribution in [0.4, 0.5) is 0 Å². The molecule has 0 aliphatic heterocycles. The van der Waals surface area contributed by atoms with Crippen LogP contribution in [0.5, 0.6) is 0 Å². The molecule has 2 N–H and O–H groups in total. The molecular formula is C12H17N5O2S. The second-order valence-electron chi connectivity index (χ2n) is 4.09. The lowest BCUT2D eigenvalue weighted by Crippen LogP contribution is -2.28. The molecule has 2 aromatic rings. The Morgan fingerprint density at radius 3 is 3.05 bits per heavy atom. The highest BCUT2D eigenvalue weighted by Crippen LogP contribution is 2.13. The van der Waals surface area contributed by atoms with Gasteiger partial charge in [-0.15, -0.1) is 0 Å². The number of imidazole rings is 1. The first kappa shape index (κ1) is 14.6. The summed E-state index contributed by atoms with van der Waals surface area (Å²) in [4.78, 5) is 16.1. The molecule has 1 amide bonds. The summed E-state index contributed by atoms with van der Waals surface area (Å²) in [7, 11) is 1.93. The average Bonchev–Trinajstić information content (AvgIpc) is 3.04. The second kappa shape index (κ2) is 7.11. The van der Waals surface area contributed by atoms with Gasteiger partial charge in [0.15, 0.2) is 5.16 Å². The number of nitrogens with zero attached hydrogens (tertiary/aromatic N) is 4. The molecule has 0 bridgehead atoms. The summed E-state index contributed by atoms with van der Waals surface area (Å²) in [6.45, 7) is 0.815. The van der Waals surface area contributed by atoms with Gasteiger partial charge in [-0.05, 0) is 6.07 Å². The Hall–Kier alpha value is -1.80. The van der Waals surface area contributed by atoms with Gasteiger partial charge in [0, 0.05) is 37.9 Å². The summed E-state index contributed by atoms with van der Waals surface area (Å²) in [5.74, 6) is 0.557. The molecule has 7 nitrogen and oxygen atoms in total. The predicted molar refractivity (Wildman–Crippen MR) is 75.6 cm³/mol. The summed E-state index contributed by atoms with van der Waals surface area (Å²) < 4.78 is 3.42. The second-order valence-corrected chi connectivity index (χ2v) is 5.15. The van der Waals surface area contributed by atoms with Crippen molar-refractivity contribution in [3.05, 3.63) is 30.4 Å². The summed E-state index contributed by atoms with van der Waals surface area (Å²) >= 11 is 1.58. The molecule has 20 heavy (non-hydrogen) atoms. The number of carbonyl (C=O) groups is 1. The zero-order valence-corrected chi connectivity index (χ0v) is 12.0. The Morgan fingerprint density at radius 2 is 2.35 bits per heavy atom. The van der Waals surface area contributed by atoms with Crippen LogP contribution in [0.2, 0.25) is 0 Å². The topological polar surface area (TPSA) is 85.0 Å². The molecule has 0 unspecified atom stereocenters. The molecule has 8 heteroatoms. The molecule has 0 aliphatic carbocycles. The standard InChI is InChI=1S/C12H17N5O2S/c1-16-6-4-14-12(16)20-9-5-13-11(19)10-2-3-15-17(10)7-8-18/h2-4,6,18H,5,7-9H2,1H3,(H,13,19). The van der Waals surface area contributed by atoms with Gasteiger partial charge in [0.2, 0.25) is 0 Å². The van der Waals surface area contributed by atoms with Gasteiger partial charge >= 0.3 is 0 Å². The molecule has 0 spiro atoms. The minimum atomic E-state index is -0.184. The lowest BCUT2D eigenvalue weighted by atomic mass is 10.4. The van der Waals surface area contributed by atoms with Crippen LogP contribution >= 0.6 is 11.8 Å². The number of carbonyl (C=O) groups excluding carboxylic acids is 1. The fraction of sp³-hybridized carbons (Fsp3) is 0.417. The number of amides is 1. The molecule has 108 valence electrons. The van der Waals surface area contributed by atoms with E-state index in [1.807, 2.05) is 17.8 Å². The van der Waals surface area contributed by atoms with Gasteiger partial charge in [-0.2, -0.15) is 5.10 Å². The normalized spacial score (nSPS) is 10.7. The zero-order valence-electron chi connectivity index (χ0n) is 11.2. The van der Waals surface area contributed by atoms with Crippen LogP contribution in [-0.2, 0) is 13.6 Å². The maximum Gasteiger partial charge on any atom is 0.269 e. The highest BCUT2D eigenvalue weighted by molar-refractivity contribution is 7.99. The first-order valence-electron chi connectivity index (χ1n) is 6.23. The van der Waals surface area contributed by atoms with Crippen LogP contribution < -0.4 is 5.32 Å². The monoisotopic (exact) mass is 295 g/mol. The number of aliphatic hydroxyl groups is 1. The van der Waals surface area contributed by atoms with Crippen molar-refractivity contribution in [3.63, 3.8) is 0 Å². The van der Waals surface area contributed by atoms with Gasteiger partial charge in [0.05, 0.1) is 13.2 Å². The van der Waals surface area contributed by atoms with Gasteiger partial charge < -0.3 is 15.0 Å². The van der Waals surface area contributed by atoms with E-state index in [9.17, 15) is 4.79 Å². The van der Waals surface area contributed by atoms with Crippen molar-refractivity contribution in [2.75, 3.05) is 18.9 Å². The Balaban J connectivity index is 1.77. The number of nitrogens with one attached hydrogen (secondary N) is 1. The number of aryl methyl sites for hydroxylation is 1. The minimum absolute atomic E-state index is 0.0447. The van der Waals surface area contributed by atoms with Crippen molar-refractivity contribution in [1.82, 2.24) is 24.6 Å². The fourth-order valence-electron chi connectivity index (χ4n) is 1.69. The van der Waals surface area contributed by atoms with Crippen molar-refractivity contribution in [1.29, 1.82) is 0 Å². The van der Waals surface area contributed by atoms with Crippen LogP contribution in [0, 0.1) is 0 Å². The fourth-order valence-corrected chi connectivity index (χ4v) is 2.47. The van der Waals surface area contributed by atoms with Gasteiger partial charge in [0.25, 0.3) is 5.91 Å². The first-order valence-corrected chi connectivity index (χ1v) is 7.22. The van der Waals surface area contributed by atoms with Crippen molar-refractivity contribution >= 4 is 17.7 Å². The van der Waals surface area contributed by atoms with Crippen molar-refractivity contribution < 1.29 is 9.90 Å². The molecule has 0 saturated carbocycles. The third-order valence-electron chi connectivity index (χ3n) is 2.66. The summed E-state index contributed by atoms with van der Waals surface area (Å²) in [5, 5.41) is 16.6. The van der Waals surface area contributed by atoms with Crippen molar-refractivity contribution in [2.24, 2.45) is 7.05 Å². The van der Waals surface area contributed by atoms with Gasteiger partial charge in [-0.25, -0.2) is 4.98 Å².